The van der Waals surface area contributed by atoms with Crippen molar-refractivity contribution in [2.45, 2.75) is 37.7 Å². The zero-order valence-electron chi connectivity index (χ0n) is 11.3. The molecule has 0 aromatic carbocycles. The van der Waals surface area contributed by atoms with Crippen LogP contribution in [-0.2, 0) is 0 Å². The van der Waals surface area contributed by atoms with Crippen molar-refractivity contribution in [1.29, 1.82) is 0 Å². The Labute approximate surface area is 109 Å². The SMILES string of the molecule is CN(CC1(O)CCNC1)C(=O)N1CCCCCC1. The first kappa shape index (κ1) is 13.6. The fourth-order valence-corrected chi connectivity index (χ4v) is 2.88. The second kappa shape index (κ2) is 5.89. The number of hydrogen-bond acceptors (Lipinski definition) is 3. The number of nitrogens with zero attached hydrogens (tertiary/aromatic N) is 2. The summed E-state index contributed by atoms with van der Waals surface area (Å²) in [4.78, 5) is 15.9. The quantitative estimate of drug-likeness (QED) is 0.761. The minimum Gasteiger partial charge on any atom is -0.387 e. The van der Waals surface area contributed by atoms with E-state index in [0.717, 1.165) is 38.9 Å². The van der Waals surface area contributed by atoms with Crippen molar-refractivity contribution in [1.82, 2.24) is 15.1 Å². The molecule has 2 saturated heterocycles. The summed E-state index contributed by atoms with van der Waals surface area (Å²) in [6.07, 6.45) is 5.38. The van der Waals surface area contributed by atoms with Crippen molar-refractivity contribution >= 4 is 6.03 Å². The number of rotatable bonds is 2. The average molecular weight is 255 g/mol. The van der Waals surface area contributed by atoms with Gasteiger partial charge in [-0.25, -0.2) is 4.79 Å². The highest BCUT2D eigenvalue weighted by atomic mass is 16.3. The summed E-state index contributed by atoms with van der Waals surface area (Å²) in [5, 5.41) is 13.4. The molecule has 2 N–H and O–H groups in total. The Morgan fingerprint density at radius 1 is 1.33 bits per heavy atom. The first-order valence-corrected chi connectivity index (χ1v) is 7.04. The highest BCUT2D eigenvalue weighted by molar-refractivity contribution is 5.74. The highest BCUT2D eigenvalue weighted by Gasteiger charge is 2.34. The standard InChI is InChI=1S/C13H25N3O2/c1-15(11-13(18)6-7-14-10-13)12(17)16-8-4-2-3-5-9-16/h14,18H,2-11H2,1H3. The van der Waals surface area contributed by atoms with E-state index in [1.54, 1.807) is 11.9 Å². The molecule has 0 aromatic rings. The maximum absolute atomic E-state index is 12.3. The van der Waals surface area contributed by atoms with Crippen LogP contribution in [-0.4, -0.2) is 66.3 Å². The van der Waals surface area contributed by atoms with Gasteiger partial charge in [-0.2, -0.15) is 0 Å². The van der Waals surface area contributed by atoms with Crippen molar-refractivity contribution < 1.29 is 9.90 Å². The van der Waals surface area contributed by atoms with Gasteiger partial charge in [-0.15, -0.1) is 0 Å². The van der Waals surface area contributed by atoms with E-state index in [1.165, 1.54) is 12.8 Å². The zero-order chi connectivity index (χ0) is 13.0. The first-order valence-electron chi connectivity index (χ1n) is 7.04. The van der Waals surface area contributed by atoms with Crippen LogP contribution in [0.15, 0.2) is 0 Å². The lowest BCUT2D eigenvalue weighted by Crippen LogP contribution is -2.49. The molecule has 5 nitrogen and oxygen atoms in total. The monoisotopic (exact) mass is 255 g/mol. The number of carbonyl (C=O) groups is 1. The number of β-amino-alcohol motifs (C(OH)–C–C–N with tert-alkyl or cyclic N) is 1. The summed E-state index contributed by atoms with van der Waals surface area (Å²) in [6.45, 7) is 3.57. The molecule has 104 valence electrons. The van der Waals surface area contributed by atoms with E-state index >= 15 is 0 Å². The van der Waals surface area contributed by atoms with Gasteiger partial charge in [0.05, 0.1) is 12.1 Å². The van der Waals surface area contributed by atoms with Crippen molar-refractivity contribution in [2.24, 2.45) is 0 Å². The van der Waals surface area contributed by atoms with E-state index in [0.29, 0.717) is 13.1 Å². The lowest BCUT2D eigenvalue weighted by atomic mass is 10.0. The Bertz CT molecular complexity index is 282. The van der Waals surface area contributed by atoms with Gasteiger partial charge in [0.2, 0.25) is 0 Å². The van der Waals surface area contributed by atoms with E-state index in [1.807, 2.05) is 4.90 Å². The third kappa shape index (κ3) is 3.36. The topological polar surface area (TPSA) is 55.8 Å². The van der Waals surface area contributed by atoms with Crippen LogP contribution < -0.4 is 5.32 Å². The van der Waals surface area contributed by atoms with Gasteiger partial charge in [-0.3, -0.25) is 0 Å². The maximum Gasteiger partial charge on any atom is 0.319 e. The normalized spacial score (nSPS) is 29.1. The third-order valence-corrected chi connectivity index (χ3v) is 3.96. The molecule has 2 heterocycles. The number of likely N-dealkylation sites (N-methyl/N-ethyl adjacent to an activating group) is 1. The molecule has 0 aliphatic carbocycles. The molecule has 2 amide bonds. The number of carbonyl (C=O) groups excluding carboxylic acids is 1. The van der Waals surface area contributed by atoms with Crippen LogP contribution in [0.4, 0.5) is 4.79 Å². The Balaban J connectivity index is 1.87. The molecule has 2 aliphatic heterocycles. The molecule has 0 radical (unpaired) electrons. The van der Waals surface area contributed by atoms with Crippen molar-refractivity contribution in [3.63, 3.8) is 0 Å². The highest BCUT2D eigenvalue weighted by Crippen LogP contribution is 2.17. The van der Waals surface area contributed by atoms with Crippen molar-refractivity contribution in [3.05, 3.63) is 0 Å². The second-order valence-electron chi connectivity index (χ2n) is 5.69. The first-order chi connectivity index (χ1) is 8.61. The summed E-state index contributed by atoms with van der Waals surface area (Å²) in [5.41, 5.74) is -0.740. The molecule has 1 unspecified atom stereocenters. The fraction of sp³-hybridized carbons (Fsp3) is 0.923. The van der Waals surface area contributed by atoms with Crippen molar-refractivity contribution in [3.8, 4) is 0 Å². The molecule has 5 heteroatoms. The number of likely N-dealkylation sites (tertiary alicyclic amines) is 1. The number of urea groups is 1. The minimum absolute atomic E-state index is 0.0669. The summed E-state index contributed by atoms with van der Waals surface area (Å²) >= 11 is 0. The van der Waals surface area contributed by atoms with Crippen LogP contribution in [0.1, 0.15) is 32.1 Å². The summed E-state index contributed by atoms with van der Waals surface area (Å²) in [5.74, 6) is 0. The van der Waals surface area contributed by atoms with Crippen LogP contribution in [0.5, 0.6) is 0 Å². The van der Waals surface area contributed by atoms with Gasteiger partial charge in [0.1, 0.15) is 0 Å². The smallest absolute Gasteiger partial charge is 0.319 e. The molecule has 2 rings (SSSR count). The van der Waals surface area contributed by atoms with E-state index in [4.69, 9.17) is 0 Å². The van der Waals surface area contributed by atoms with Gasteiger partial charge in [-0.05, 0) is 25.8 Å². The van der Waals surface area contributed by atoms with Gasteiger partial charge in [0.25, 0.3) is 0 Å². The predicted molar refractivity (Wildman–Crippen MR) is 70.5 cm³/mol. The lowest BCUT2D eigenvalue weighted by molar-refractivity contribution is 0.0321. The van der Waals surface area contributed by atoms with Crippen LogP contribution in [0, 0.1) is 0 Å². The Morgan fingerprint density at radius 2 is 2.00 bits per heavy atom. The summed E-state index contributed by atoms with van der Waals surface area (Å²) < 4.78 is 0. The maximum atomic E-state index is 12.3. The Kier molecular flexibility index (Phi) is 4.45. The van der Waals surface area contributed by atoms with Gasteiger partial charge >= 0.3 is 6.03 Å². The molecule has 0 aromatic heterocycles. The minimum atomic E-state index is -0.740. The molecule has 0 spiro atoms. The number of aliphatic hydroxyl groups is 1. The molecular formula is C13H25N3O2. The van der Waals surface area contributed by atoms with E-state index < -0.39 is 5.60 Å². The third-order valence-electron chi connectivity index (χ3n) is 3.96. The van der Waals surface area contributed by atoms with Crippen LogP contribution in [0.3, 0.4) is 0 Å². The van der Waals surface area contributed by atoms with Gasteiger partial charge in [0.15, 0.2) is 0 Å². The Hall–Kier alpha value is -0.810. The second-order valence-corrected chi connectivity index (χ2v) is 5.69. The van der Waals surface area contributed by atoms with Gasteiger partial charge in [0, 0.05) is 26.7 Å². The Morgan fingerprint density at radius 3 is 2.56 bits per heavy atom. The van der Waals surface area contributed by atoms with Crippen LogP contribution in [0.25, 0.3) is 0 Å². The van der Waals surface area contributed by atoms with Crippen molar-refractivity contribution in [2.75, 3.05) is 39.8 Å². The molecule has 0 bridgehead atoms. The van der Waals surface area contributed by atoms with E-state index in [-0.39, 0.29) is 6.03 Å². The van der Waals surface area contributed by atoms with Gasteiger partial charge in [-0.1, -0.05) is 12.8 Å². The molecule has 18 heavy (non-hydrogen) atoms. The molecule has 1 atom stereocenters. The van der Waals surface area contributed by atoms with Crippen LogP contribution >= 0.6 is 0 Å². The molecule has 2 aliphatic rings. The molecule has 0 saturated carbocycles. The fourth-order valence-electron chi connectivity index (χ4n) is 2.88. The number of amides is 2. The summed E-state index contributed by atoms with van der Waals surface area (Å²) in [6, 6.07) is 0.0669. The lowest BCUT2D eigenvalue weighted by Gasteiger charge is -2.32. The summed E-state index contributed by atoms with van der Waals surface area (Å²) in [7, 11) is 1.80. The van der Waals surface area contributed by atoms with E-state index in [2.05, 4.69) is 5.32 Å². The largest absolute Gasteiger partial charge is 0.387 e. The molecular weight excluding hydrogens is 230 g/mol. The molecule has 2 fully saturated rings. The van der Waals surface area contributed by atoms with Crippen LogP contribution in [0.2, 0.25) is 0 Å². The average Bonchev–Trinajstić information content (AvgIpc) is 2.63. The number of nitrogens with one attached hydrogen (secondary N) is 1. The zero-order valence-corrected chi connectivity index (χ0v) is 11.3. The van der Waals surface area contributed by atoms with E-state index in [9.17, 15) is 9.90 Å². The predicted octanol–water partition coefficient (Wildman–Crippen LogP) is 0.639. The number of hydrogen-bond donors (Lipinski definition) is 2. The van der Waals surface area contributed by atoms with Gasteiger partial charge < -0.3 is 20.2 Å².